The van der Waals surface area contributed by atoms with Crippen LogP contribution in [-0.2, 0) is 4.79 Å². The van der Waals surface area contributed by atoms with E-state index in [1.807, 2.05) is 31.2 Å². The van der Waals surface area contributed by atoms with Gasteiger partial charge in [0.25, 0.3) is 0 Å². The third-order valence-corrected chi connectivity index (χ3v) is 3.24. The van der Waals surface area contributed by atoms with Crippen molar-refractivity contribution in [2.45, 2.75) is 46.1 Å². The topological polar surface area (TPSA) is 46.5 Å². The molecule has 0 radical (unpaired) electrons. The number of carbonyl (C=O) groups is 1. The van der Waals surface area contributed by atoms with Gasteiger partial charge in [-0.15, -0.1) is 5.92 Å². The average molecular weight is 274 g/mol. The Morgan fingerprint density at radius 2 is 1.85 bits per heavy atom. The van der Waals surface area contributed by atoms with Crippen LogP contribution in [0.5, 0.6) is 5.75 Å². The molecular formula is C17H22O3. The molecule has 0 aliphatic heterocycles. The number of benzene rings is 1. The van der Waals surface area contributed by atoms with E-state index in [-0.39, 0.29) is 18.4 Å². The van der Waals surface area contributed by atoms with Crippen molar-refractivity contribution in [1.29, 1.82) is 0 Å². The molecule has 0 heterocycles. The Balaban J connectivity index is 2.82. The number of hydrogen-bond donors (Lipinski definition) is 1. The molecule has 3 heteroatoms. The van der Waals surface area contributed by atoms with Crippen molar-refractivity contribution < 1.29 is 14.6 Å². The Kier molecular flexibility index (Phi) is 6.11. The summed E-state index contributed by atoms with van der Waals surface area (Å²) < 4.78 is 5.80. The quantitative estimate of drug-likeness (QED) is 0.805. The van der Waals surface area contributed by atoms with Gasteiger partial charge in [-0.3, -0.25) is 4.79 Å². The van der Waals surface area contributed by atoms with Crippen molar-refractivity contribution in [3.8, 4) is 17.6 Å². The molecule has 0 spiro atoms. The minimum atomic E-state index is -0.841. The van der Waals surface area contributed by atoms with E-state index < -0.39 is 5.97 Å². The van der Waals surface area contributed by atoms with Crippen LogP contribution in [0.4, 0.5) is 0 Å². The molecular weight excluding hydrogens is 252 g/mol. The Hall–Kier alpha value is -1.95. The molecule has 0 saturated heterocycles. The fourth-order valence-electron chi connectivity index (χ4n) is 1.73. The number of rotatable bonds is 6. The van der Waals surface area contributed by atoms with Gasteiger partial charge < -0.3 is 9.84 Å². The summed E-state index contributed by atoms with van der Waals surface area (Å²) >= 11 is 0. The van der Waals surface area contributed by atoms with Crippen LogP contribution in [-0.4, -0.2) is 17.2 Å². The Morgan fingerprint density at radius 3 is 2.30 bits per heavy atom. The van der Waals surface area contributed by atoms with Gasteiger partial charge in [0.05, 0.1) is 18.4 Å². The molecule has 0 saturated carbocycles. The summed E-state index contributed by atoms with van der Waals surface area (Å²) in [5.74, 6) is 5.86. The largest absolute Gasteiger partial charge is 0.490 e. The van der Waals surface area contributed by atoms with Gasteiger partial charge >= 0.3 is 5.97 Å². The van der Waals surface area contributed by atoms with Crippen LogP contribution < -0.4 is 4.74 Å². The van der Waals surface area contributed by atoms with E-state index in [9.17, 15) is 4.79 Å². The summed E-state index contributed by atoms with van der Waals surface area (Å²) in [6.07, 6.45) is 0.162. The highest BCUT2D eigenvalue weighted by Gasteiger charge is 2.14. The van der Waals surface area contributed by atoms with Gasteiger partial charge in [0.1, 0.15) is 5.75 Å². The lowest BCUT2D eigenvalue weighted by Gasteiger charge is -2.18. The molecule has 1 aromatic rings. The molecule has 20 heavy (non-hydrogen) atoms. The molecule has 0 bridgehead atoms. The number of carboxylic acid groups (broad SMARTS) is 1. The molecule has 0 aromatic heterocycles. The number of carboxylic acids is 1. The lowest BCUT2D eigenvalue weighted by atomic mass is 9.96. The first-order chi connectivity index (χ1) is 9.43. The van der Waals surface area contributed by atoms with Gasteiger partial charge in [-0.25, -0.2) is 0 Å². The predicted molar refractivity (Wildman–Crippen MR) is 79.8 cm³/mol. The van der Waals surface area contributed by atoms with Crippen molar-refractivity contribution in [3.05, 3.63) is 29.8 Å². The second-order valence-electron chi connectivity index (χ2n) is 5.18. The van der Waals surface area contributed by atoms with Crippen molar-refractivity contribution >= 4 is 5.97 Å². The second-order valence-corrected chi connectivity index (χ2v) is 5.18. The molecule has 1 N–H and O–H groups in total. The Labute approximate surface area is 121 Å². The zero-order valence-corrected chi connectivity index (χ0v) is 12.5. The summed E-state index contributed by atoms with van der Waals surface area (Å²) in [4.78, 5) is 10.9. The number of ether oxygens (including phenoxy) is 1. The summed E-state index contributed by atoms with van der Waals surface area (Å²) in [6.45, 7) is 7.97. The van der Waals surface area contributed by atoms with Gasteiger partial charge in [0.2, 0.25) is 0 Å². The van der Waals surface area contributed by atoms with E-state index in [0.29, 0.717) is 5.92 Å². The lowest BCUT2D eigenvalue weighted by Crippen LogP contribution is -2.18. The predicted octanol–water partition coefficient (Wildman–Crippen LogP) is 3.69. The molecule has 0 aliphatic carbocycles. The van der Waals surface area contributed by atoms with Gasteiger partial charge in [0, 0.05) is 0 Å². The first-order valence-electron chi connectivity index (χ1n) is 6.84. The fourth-order valence-corrected chi connectivity index (χ4v) is 1.73. The molecule has 3 nitrogen and oxygen atoms in total. The molecule has 108 valence electrons. The Bertz CT molecular complexity index is 491. The number of aliphatic carboxylic acids is 1. The molecule has 1 rings (SSSR count). The average Bonchev–Trinajstić information content (AvgIpc) is 2.38. The van der Waals surface area contributed by atoms with Crippen molar-refractivity contribution in [2.24, 2.45) is 5.92 Å². The maximum atomic E-state index is 10.9. The van der Waals surface area contributed by atoms with Crippen LogP contribution in [0.3, 0.4) is 0 Å². The first-order valence-corrected chi connectivity index (χ1v) is 6.84. The molecule has 0 aliphatic rings. The molecule has 0 fully saturated rings. The van der Waals surface area contributed by atoms with Crippen LogP contribution in [0.1, 0.15) is 45.6 Å². The maximum absolute atomic E-state index is 10.9. The zero-order valence-electron chi connectivity index (χ0n) is 12.5. The summed E-state index contributed by atoms with van der Waals surface area (Å²) in [6, 6.07) is 7.53. The van der Waals surface area contributed by atoms with Crippen LogP contribution in [0, 0.1) is 17.8 Å². The van der Waals surface area contributed by atoms with E-state index in [2.05, 4.69) is 25.7 Å². The van der Waals surface area contributed by atoms with E-state index in [1.54, 1.807) is 6.92 Å². The van der Waals surface area contributed by atoms with E-state index in [4.69, 9.17) is 9.84 Å². The summed E-state index contributed by atoms with van der Waals surface area (Å²) in [7, 11) is 0. The lowest BCUT2D eigenvalue weighted by molar-refractivity contribution is -0.137. The highest BCUT2D eigenvalue weighted by atomic mass is 16.5. The molecule has 2 atom stereocenters. The summed E-state index contributed by atoms with van der Waals surface area (Å²) in [5, 5.41) is 8.91. The number of hydrogen-bond acceptors (Lipinski definition) is 2. The van der Waals surface area contributed by atoms with Crippen LogP contribution in [0.25, 0.3) is 0 Å². The Morgan fingerprint density at radius 1 is 1.25 bits per heavy atom. The minimum absolute atomic E-state index is 0.0173. The van der Waals surface area contributed by atoms with Crippen LogP contribution in [0.15, 0.2) is 24.3 Å². The normalized spacial score (nSPS) is 13.2. The molecule has 1 aromatic carbocycles. The zero-order chi connectivity index (χ0) is 15.1. The van der Waals surface area contributed by atoms with Gasteiger partial charge in [-0.2, -0.15) is 0 Å². The standard InChI is InChI=1S/C17H22O3/c1-5-6-15(11-17(18)19)14-7-9-16(10-8-14)20-13(4)12(2)3/h7-10,12-13,15H,11H2,1-4H3,(H,18,19)/t13-,15?/m1/s1. The van der Waals surface area contributed by atoms with Crippen LogP contribution in [0.2, 0.25) is 0 Å². The third-order valence-electron chi connectivity index (χ3n) is 3.24. The fraction of sp³-hybridized carbons (Fsp3) is 0.471. The summed E-state index contributed by atoms with van der Waals surface area (Å²) in [5.41, 5.74) is 0.909. The van der Waals surface area contributed by atoms with Crippen LogP contribution >= 0.6 is 0 Å². The van der Waals surface area contributed by atoms with Crippen molar-refractivity contribution in [1.82, 2.24) is 0 Å². The third kappa shape index (κ3) is 4.97. The van der Waals surface area contributed by atoms with Gasteiger partial charge in [-0.05, 0) is 37.5 Å². The first kappa shape index (κ1) is 16.1. The van der Waals surface area contributed by atoms with E-state index in [1.165, 1.54) is 0 Å². The maximum Gasteiger partial charge on any atom is 0.304 e. The second kappa shape index (κ2) is 7.59. The highest BCUT2D eigenvalue weighted by molar-refractivity contribution is 5.69. The van der Waals surface area contributed by atoms with E-state index in [0.717, 1.165) is 11.3 Å². The smallest absolute Gasteiger partial charge is 0.304 e. The van der Waals surface area contributed by atoms with Gasteiger partial charge in [-0.1, -0.05) is 31.9 Å². The highest BCUT2D eigenvalue weighted by Crippen LogP contribution is 2.23. The SMILES string of the molecule is CC#CC(CC(=O)O)c1ccc(O[C@H](C)C(C)C)cc1. The molecule has 1 unspecified atom stereocenters. The van der Waals surface area contributed by atoms with Crippen molar-refractivity contribution in [3.63, 3.8) is 0 Å². The minimum Gasteiger partial charge on any atom is -0.490 e. The van der Waals surface area contributed by atoms with E-state index >= 15 is 0 Å². The molecule has 0 amide bonds. The van der Waals surface area contributed by atoms with Gasteiger partial charge in [0.15, 0.2) is 0 Å². The van der Waals surface area contributed by atoms with Crippen molar-refractivity contribution in [2.75, 3.05) is 0 Å². The monoisotopic (exact) mass is 274 g/mol.